The highest BCUT2D eigenvalue weighted by Gasteiger charge is 2.14. The van der Waals surface area contributed by atoms with Crippen LogP contribution in [-0.2, 0) is 7.05 Å². The van der Waals surface area contributed by atoms with E-state index >= 15 is 0 Å². The molecule has 7 heteroatoms. The molecule has 20 heavy (non-hydrogen) atoms. The third-order valence-corrected chi connectivity index (χ3v) is 3.28. The fraction of sp³-hybridized carbons (Fsp3) is 0.308. The normalized spacial score (nSPS) is 12.2. The molecule has 2 heterocycles. The van der Waals surface area contributed by atoms with Crippen molar-refractivity contribution in [2.24, 2.45) is 12.8 Å². The number of hydrogen-bond donors (Lipinski definition) is 2. The van der Waals surface area contributed by atoms with E-state index < -0.39 is 5.91 Å². The summed E-state index contributed by atoms with van der Waals surface area (Å²) in [4.78, 5) is 15.2. The van der Waals surface area contributed by atoms with Crippen molar-refractivity contribution in [2.45, 2.75) is 19.9 Å². The number of amides is 1. The average molecular weight is 294 g/mol. The zero-order valence-corrected chi connectivity index (χ0v) is 12.3. The van der Waals surface area contributed by atoms with Crippen LogP contribution in [0.15, 0.2) is 18.5 Å². The average Bonchev–Trinajstić information content (AvgIpc) is 2.70. The number of rotatable bonds is 4. The van der Waals surface area contributed by atoms with Gasteiger partial charge in [-0.1, -0.05) is 11.6 Å². The van der Waals surface area contributed by atoms with E-state index in [1.807, 2.05) is 27.1 Å². The maximum atomic E-state index is 11.0. The predicted octanol–water partition coefficient (Wildman–Crippen LogP) is 2.05. The van der Waals surface area contributed by atoms with Crippen molar-refractivity contribution in [3.05, 3.63) is 40.3 Å². The van der Waals surface area contributed by atoms with Gasteiger partial charge in [-0.25, -0.2) is 4.98 Å². The topological polar surface area (TPSA) is 85.8 Å². The van der Waals surface area contributed by atoms with Crippen molar-refractivity contribution >= 4 is 23.3 Å². The van der Waals surface area contributed by atoms with Gasteiger partial charge in [0.2, 0.25) is 5.91 Å². The molecule has 0 aromatic carbocycles. The molecule has 106 valence electrons. The molecule has 0 aliphatic carbocycles. The lowest BCUT2D eigenvalue weighted by Gasteiger charge is -2.15. The molecule has 0 aliphatic rings. The van der Waals surface area contributed by atoms with E-state index in [9.17, 15) is 4.79 Å². The van der Waals surface area contributed by atoms with Crippen LogP contribution in [0.3, 0.4) is 0 Å². The van der Waals surface area contributed by atoms with Crippen LogP contribution in [0.2, 0.25) is 5.02 Å². The van der Waals surface area contributed by atoms with Crippen LogP contribution < -0.4 is 11.1 Å². The van der Waals surface area contributed by atoms with Gasteiger partial charge in [0.25, 0.3) is 0 Å². The molecule has 0 spiro atoms. The molecule has 2 rings (SSSR count). The second-order valence-electron chi connectivity index (χ2n) is 4.63. The van der Waals surface area contributed by atoms with Crippen molar-refractivity contribution in [3.63, 3.8) is 0 Å². The molecule has 2 aromatic rings. The zero-order valence-electron chi connectivity index (χ0n) is 11.5. The summed E-state index contributed by atoms with van der Waals surface area (Å²) in [7, 11) is 1.87. The smallest absolute Gasteiger partial charge is 0.250 e. The Labute approximate surface area is 121 Å². The van der Waals surface area contributed by atoms with E-state index in [0.29, 0.717) is 10.8 Å². The second-order valence-corrected chi connectivity index (χ2v) is 5.04. The van der Waals surface area contributed by atoms with Gasteiger partial charge >= 0.3 is 0 Å². The minimum atomic E-state index is -0.554. The monoisotopic (exact) mass is 293 g/mol. The number of primary amides is 1. The Bertz CT molecular complexity index is 652. The number of nitrogens with zero attached hydrogens (tertiary/aromatic N) is 3. The van der Waals surface area contributed by atoms with Crippen LogP contribution in [0.5, 0.6) is 0 Å². The number of carbonyl (C=O) groups excluding carboxylic acids is 1. The van der Waals surface area contributed by atoms with Crippen molar-refractivity contribution in [1.82, 2.24) is 14.8 Å². The number of hydrogen-bond acceptors (Lipinski definition) is 4. The Kier molecular flexibility index (Phi) is 3.94. The molecule has 0 bridgehead atoms. The summed E-state index contributed by atoms with van der Waals surface area (Å²) >= 11 is 6.10. The Hall–Kier alpha value is -2.08. The minimum absolute atomic E-state index is 0.00636. The highest BCUT2D eigenvalue weighted by molar-refractivity contribution is 6.33. The number of pyridine rings is 1. The van der Waals surface area contributed by atoms with Gasteiger partial charge in [0, 0.05) is 25.0 Å². The summed E-state index contributed by atoms with van der Waals surface area (Å²) in [5.74, 6) is -0.0467. The lowest BCUT2D eigenvalue weighted by Crippen LogP contribution is -2.13. The van der Waals surface area contributed by atoms with Gasteiger partial charge in [0.1, 0.15) is 5.82 Å². The van der Waals surface area contributed by atoms with Crippen molar-refractivity contribution in [1.29, 1.82) is 0 Å². The van der Waals surface area contributed by atoms with Crippen LogP contribution in [0.25, 0.3) is 0 Å². The molecule has 1 atom stereocenters. The van der Waals surface area contributed by atoms with E-state index in [2.05, 4.69) is 15.4 Å². The van der Waals surface area contributed by atoms with Gasteiger partial charge in [0.15, 0.2) is 0 Å². The maximum Gasteiger partial charge on any atom is 0.250 e. The SMILES string of the molecule is Cc1nn(C)cc1[C@H](C)Nc1ncc(C(N)=O)cc1Cl. The Morgan fingerprint density at radius 1 is 1.55 bits per heavy atom. The first-order chi connectivity index (χ1) is 9.38. The molecule has 0 saturated heterocycles. The molecule has 0 radical (unpaired) electrons. The first-order valence-electron chi connectivity index (χ1n) is 6.10. The highest BCUT2D eigenvalue weighted by atomic mass is 35.5. The number of nitrogens with two attached hydrogens (primary N) is 1. The van der Waals surface area contributed by atoms with Crippen LogP contribution in [0.4, 0.5) is 5.82 Å². The molecule has 0 saturated carbocycles. The van der Waals surface area contributed by atoms with Gasteiger partial charge in [0.05, 0.1) is 22.3 Å². The number of halogens is 1. The Morgan fingerprint density at radius 2 is 2.25 bits per heavy atom. The standard InChI is InChI=1S/C13H16ClN5O/c1-7(10-6-19(3)18-8(10)2)17-13-11(14)4-9(5-16-13)12(15)20/h4-7H,1-3H3,(H2,15,20)(H,16,17)/t7-/m0/s1. The highest BCUT2D eigenvalue weighted by Crippen LogP contribution is 2.25. The molecular formula is C13H16ClN5O. The summed E-state index contributed by atoms with van der Waals surface area (Å²) in [6.07, 6.45) is 3.35. The van der Waals surface area contributed by atoms with E-state index in [4.69, 9.17) is 17.3 Å². The molecular weight excluding hydrogens is 278 g/mol. The summed E-state index contributed by atoms with van der Waals surface area (Å²) in [5.41, 5.74) is 7.46. The van der Waals surface area contributed by atoms with Gasteiger partial charge < -0.3 is 11.1 Å². The zero-order chi connectivity index (χ0) is 14.9. The van der Waals surface area contributed by atoms with Crippen molar-refractivity contribution < 1.29 is 4.79 Å². The van der Waals surface area contributed by atoms with Crippen LogP contribution in [-0.4, -0.2) is 20.7 Å². The number of anilines is 1. The number of aromatic nitrogens is 3. The number of nitrogens with one attached hydrogen (secondary N) is 1. The Balaban J connectivity index is 2.22. The molecule has 6 nitrogen and oxygen atoms in total. The van der Waals surface area contributed by atoms with E-state index in [0.717, 1.165) is 11.3 Å². The fourth-order valence-corrected chi connectivity index (χ4v) is 2.23. The summed E-state index contributed by atoms with van der Waals surface area (Å²) in [6.45, 7) is 3.93. The van der Waals surface area contributed by atoms with Crippen LogP contribution in [0, 0.1) is 6.92 Å². The molecule has 0 fully saturated rings. The van der Waals surface area contributed by atoms with Crippen LogP contribution >= 0.6 is 11.6 Å². The summed E-state index contributed by atoms with van der Waals surface area (Å²) in [6, 6.07) is 1.50. The summed E-state index contributed by atoms with van der Waals surface area (Å²) < 4.78 is 1.76. The molecule has 3 N–H and O–H groups in total. The maximum absolute atomic E-state index is 11.0. The lowest BCUT2D eigenvalue weighted by atomic mass is 10.1. The van der Waals surface area contributed by atoms with E-state index in [1.165, 1.54) is 12.3 Å². The summed E-state index contributed by atoms with van der Waals surface area (Å²) in [5, 5.41) is 7.85. The van der Waals surface area contributed by atoms with Crippen molar-refractivity contribution in [3.8, 4) is 0 Å². The third kappa shape index (κ3) is 2.91. The van der Waals surface area contributed by atoms with E-state index in [-0.39, 0.29) is 11.6 Å². The lowest BCUT2D eigenvalue weighted by molar-refractivity contribution is 0.1000. The number of carbonyl (C=O) groups is 1. The first kappa shape index (κ1) is 14.3. The first-order valence-corrected chi connectivity index (χ1v) is 6.48. The molecule has 0 unspecified atom stereocenters. The second kappa shape index (κ2) is 5.50. The van der Waals surface area contributed by atoms with Gasteiger partial charge in [-0.3, -0.25) is 9.48 Å². The molecule has 2 aromatic heterocycles. The van der Waals surface area contributed by atoms with Crippen molar-refractivity contribution in [2.75, 3.05) is 5.32 Å². The quantitative estimate of drug-likeness (QED) is 0.903. The third-order valence-electron chi connectivity index (χ3n) is 3.00. The fourth-order valence-electron chi connectivity index (χ4n) is 2.00. The Morgan fingerprint density at radius 3 is 2.75 bits per heavy atom. The minimum Gasteiger partial charge on any atom is -0.366 e. The van der Waals surface area contributed by atoms with E-state index in [1.54, 1.807) is 4.68 Å². The van der Waals surface area contributed by atoms with Gasteiger partial charge in [-0.2, -0.15) is 5.10 Å². The van der Waals surface area contributed by atoms with Crippen LogP contribution in [0.1, 0.15) is 34.6 Å². The molecule has 1 amide bonds. The largest absolute Gasteiger partial charge is 0.366 e. The van der Waals surface area contributed by atoms with Gasteiger partial charge in [-0.05, 0) is 19.9 Å². The van der Waals surface area contributed by atoms with Gasteiger partial charge in [-0.15, -0.1) is 0 Å². The molecule has 0 aliphatic heterocycles. The number of aryl methyl sites for hydroxylation is 2. The predicted molar refractivity (Wildman–Crippen MR) is 77.7 cm³/mol.